The molecule has 19 heavy (non-hydrogen) atoms. The largest absolute Gasteiger partial charge is 0.455 e. The van der Waals surface area contributed by atoms with Crippen molar-refractivity contribution in [1.29, 1.82) is 0 Å². The lowest BCUT2D eigenvalue weighted by atomic mass is 10.2. The number of rotatable bonds is 2. The van der Waals surface area contributed by atoms with Crippen molar-refractivity contribution in [2.75, 3.05) is 5.73 Å². The number of nitrogens with two attached hydrogens (primary N) is 1. The topological polar surface area (TPSA) is 61.0 Å². The van der Waals surface area contributed by atoms with Gasteiger partial charge in [-0.25, -0.2) is 9.97 Å². The molecular weight excluding hydrogens is 238 g/mol. The lowest BCUT2D eigenvalue weighted by Gasteiger charge is -2.09. The van der Waals surface area contributed by atoms with Gasteiger partial charge in [-0.3, -0.25) is 0 Å². The lowest BCUT2D eigenvalue weighted by Crippen LogP contribution is -1.92. The van der Waals surface area contributed by atoms with Gasteiger partial charge in [-0.1, -0.05) is 18.2 Å². The quantitative estimate of drug-likeness (QED) is 0.759. The second kappa shape index (κ2) is 4.57. The third-order valence-corrected chi connectivity index (χ3v) is 2.80. The summed E-state index contributed by atoms with van der Waals surface area (Å²) in [7, 11) is 0. The molecule has 94 valence electrons. The third-order valence-electron chi connectivity index (χ3n) is 2.80. The summed E-state index contributed by atoms with van der Waals surface area (Å²) in [6.45, 7) is 1.96. The summed E-state index contributed by atoms with van der Waals surface area (Å²) < 4.78 is 5.84. The van der Waals surface area contributed by atoms with Crippen LogP contribution in [-0.4, -0.2) is 9.97 Å². The van der Waals surface area contributed by atoms with Gasteiger partial charge in [0.25, 0.3) is 0 Å². The van der Waals surface area contributed by atoms with Gasteiger partial charge >= 0.3 is 0 Å². The molecule has 0 amide bonds. The Morgan fingerprint density at radius 3 is 2.84 bits per heavy atom. The maximum Gasteiger partial charge on any atom is 0.153 e. The summed E-state index contributed by atoms with van der Waals surface area (Å²) in [5, 5.41) is 1.05. The fourth-order valence-electron chi connectivity index (χ4n) is 1.92. The normalized spacial score (nSPS) is 10.6. The number of hydrogen-bond acceptors (Lipinski definition) is 4. The van der Waals surface area contributed by atoms with Crippen molar-refractivity contribution in [1.82, 2.24) is 9.97 Å². The SMILES string of the molecule is Cc1ccc2cccc(Oc3ccnc(N)c3)c2n1. The summed E-state index contributed by atoms with van der Waals surface area (Å²) in [4.78, 5) is 8.46. The van der Waals surface area contributed by atoms with Gasteiger partial charge in [0.05, 0.1) is 0 Å². The van der Waals surface area contributed by atoms with E-state index in [4.69, 9.17) is 10.5 Å². The van der Waals surface area contributed by atoms with Crippen molar-refractivity contribution in [3.63, 3.8) is 0 Å². The molecule has 0 unspecified atom stereocenters. The van der Waals surface area contributed by atoms with E-state index in [0.717, 1.165) is 16.6 Å². The van der Waals surface area contributed by atoms with Crippen molar-refractivity contribution in [2.45, 2.75) is 6.92 Å². The smallest absolute Gasteiger partial charge is 0.153 e. The van der Waals surface area contributed by atoms with Gasteiger partial charge < -0.3 is 10.5 Å². The highest BCUT2D eigenvalue weighted by molar-refractivity contribution is 5.84. The first-order valence-electron chi connectivity index (χ1n) is 5.98. The zero-order valence-corrected chi connectivity index (χ0v) is 10.5. The number of pyridine rings is 2. The molecule has 0 radical (unpaired) electrons. The van der Waals surface area contributed by atoms with Crippen LogP contribution in [0.25, 0.3) is 10.9 Å². The van der Waals surface area contributed by atoms with Crippen LogP contribution in [0.15, 0.2) is 48.7 Å². The van der Waals surface area contributed by atoms with Gasteiger partial charge in [-0.15, -0.1) is 0 Å². The maximum atomic E-state index is 5.84. The van der Waals surface area contributed by atoms with Crippen molar-refractivity contribution in [2.24, 2.45) is 0 Å². The number of aryl methyl sites for hydroxylation is 1. The van der Waals surface area contributed by atoms with Gasteiger partial charge in [0.15, 0.2) is 5.75 Å². The minimum atomic E-state index is 0.432. The summed E-state index contributed by atoms with van der Waals surface area (Å²) in [6, 6.07) is 13.3. The molecule has 0 saturated heterocycles. The molecule has 0 aliphatic carbocycles. The minimum absolute atomic E-state index is 0.432. The molecule has 0 fully saturated rings. The van der Waals surface area contributed by atoms with Crippen LogP contribution in [0, 0.1) is 6.92 Å². The summed E-state index contributed by atoms with van der Waals surface area (Å²) in [5.41, 5.74) is 7.44. The van der Waals surface area contributed by atoms with E-state index >= 15 is 0 Å². The molecule has 3 rings (SSSR count). The number of benzene rings is 1. The first-order chi connectivity index (χ1) is 9.22. The Balaban J connectivity index is 2.07. The average Bonchev–Trinajstić information content (AvgIpc) is 2.39. The average molecular weight is 251 g/mol. The van der Waals surface area contributed by atoms with Crippen LogP contribution in [0.3, 0.4) is 0 Å². The number of nitrogen functional groups attached to an aromatic ring is 1. The van der Waals surface area contributed by atoms with Crippen LogP contribution >= 0.6 is 0 Å². The molecule has 0 atom stereocenters. The van der Waals surface area contributed by atoms with E-state index in [9.17, 15) is 0 Å². The third kappa shape index (κ3) is 2.33. The molecule has 0 spiro atoms. The van der Waals surface area contributed by atoms with Crippen LogP contribution in [0.5, 0.6) is 11.5 Å². The van der Waals surface area contributed by atoms with E-state index in [1.807, 2.05) is 37.3 Å². The van der Waals surface area contributed by atoms with Gasteiger partial charge in [0.2, 0.25) is 0 Å². The predicted octanol–water partition coefficient (Wildman–Crippen LogP) is 3.31. The number of ether oxygens (including phenoxy) is 1. The fraction of sp³-hybridized carbons (Fsp3) is 0.0667. The first-order valence-corrected chi connectivity index (χ1v) is 5.98. The number of hydrogen-bond donors (Lipinski definition) is 1. The molecule has 4 nitrogen and oxygen atoms in total. The minimum Gasteiger partial charge on any atom is -0.455 e. The zero-order valence-electron chi connectivity index (χ0n) is 10.5. The summed E-state index contributed by atoms with van der Waals surface area (Å²) in [5.74, 6) is 1.80. The van der Waals surface area contributed by atoms with Crippen LogP contribution in [0.1, 0.15) is 5.69 Å². The molecule has 2 aromatic heterocycles. The van der Waals surface area contributed by atoms with Crippen LogP contribution in [-0.2, 0) is 0 Å². The van der Waals surface area contributed by atoms with Crippen LogP contribution < -0.4 is 10.5 Å². The first kappa shape index (κ1) is 11.5. The molecule has 0 bridgehead atoms. The van der Waals surface area contributed by atoms with Gasteiger partial charge in [-0.2, -0.15) is 0 Å². The van der Waals surface area contributed by atoms with Crippen LogP contribution in [0.2, 0.25) is 0 Å². The zero-order chi connectivity index (χ0) is 13.2. The summed E-state index contributed by atoms with van der Waals surface area (Å²) >= 11 is 0. The Morgan fingerprint density at radius 2 is 2.00 bits per heavy atom. The van der Waals surface area contributed by atoms with E-state index in [1.54, 1.807) is 18.3 Å². The van der Waals surface area contributed by atoms with E-state index in [0.29, 0.717) is 17.3 Å². The van der Waals surface area contributed by atoms with E-state index in [2.05, 4.69) is 9.97 Å². The van der Waals surface area contributed by atoms with E-state index in [1.165, 1.54) is 0 Å². The highest BCUT2D eigenvalue weighted by Crippen LogP contribution is 2.28. The number of aromatic nitrogens is 2. The highest BCUT2D eigenvalue weighted by atomic mass is 16.5. The second-order valence-electron chi connectivity index (χ2n) is 4.30. The fourth-order valence-corrected chi connectivity index (χ4v) is 1.92. The standard InChI is InChI=1S/C15H13N3O/c1-10-5-6-11-3-2-4-13(15(11)18-10)19-12-7-8-17-14(16)9-12/h2-9H,1H3,(H2,16,17). The maximum absolute atomic E-state index is 5.84. The Morgan fingerprint density at radius 1 is 1.11 bits per heavy atom. The number of para-hydroxylation sites is 1. The number of fused-ring (bicyclic) bond motifs is 1. The Labute approximate surface area is 110 Å². The van der Waals surface area contributed by atoms with Gasteiger partial charge in [-0.05, 0) is 25.1 Å². The summed E-state index contributed by atoms with van der Waals surface area (Å²) in [6.07, 6.45) is 1.62. The van der Waals surface area contributed by atoms with Crippen molar-refractivity contribution in [3.05, 3.63) is 54.4 Å². The Bertz CT molecular complexity index is 740. The molecule has 0 aliphatic rings. The Hall–Kier alpha value is -2.62. The molecule has 2 N–H and O–H groups in total. The molecule has 1 aromatic carbocycles. The molecule has 3 aromatic rings. The number of nitrogens with zero attached hydrogens (tertiary/aromatic N) is 2. The molecule has 0 aliphatic heterocycles. The van der Waals surface area contributed by atoms with E-state index < -0.39 is 0 Å². The predicted molar refractivity (Wildman–Crippen MR) is 75.2 cm³/mol. The van der Waals surface area contributed by atoms with E-state index in [-0.39, 0.29) is 0 Å². The lowest BCUT2D eigenvalue weighted by molar-refractivity contribution is 0.487. The highest BCUT2D eigenvalue weighted by Gasteiger charge is 2.05. The van der Waals surface area contributed by atoms with Crippen molar-refractivity contribution < 1.29 is 4.74 Å². The molecule has 2 heterocycles. The van der Waals surface area contributed by atoms with Gasteiger partial charge in [0, 0.05) is 23.3 Å². The molecule has 4 heteroatoms. The number of anilines is 1. The second-order valence-corrected chi connectivity index (χ2v) is 4.30. The Kier molecular flexibility index (Phi) is 2.76. The van der Waals surface area contributed by atoms with Gasteiger partial charge in [0.1, 0.15) is 17.1 Å². The monoisotopic (exact) mass is 251 g/mol. The van der Waals surface area contributed by atoms with Crippen molar-refractivity contribution in [3.8, 4) is 11.5 Å². The van der Waals surface area contributed by atoms with Crippen LogP contribution in [0.4, 0.5) is 5.82 Å². The molecule has 0 saturated carbocycles. The molecular formula is C15H13N3O. The van der Waals surface area contributed by atoms with Crippen molar-refractivity contribution >= 4 is 16.7 Å².